The molecule has 0 aliphatic carbocycles. The molecule has 3 atom stereocenters. The summed E-state index contributed by atoms with van der Waals surface area (Å²) < 4.78 is 0. The molecule has 1 aliphatic rings. The molecule has 1 rings (SSSR count). The van der Waals surface area contributed by atoms with Crippen molar-refractivity contribution in [3.05, 3.63) is 13.1 Å². The quantitative estimate of drug-likeness (QED) is 0.381. The first-order chi connectivity index (χ1) is 10.6. The van der Waals surface area contributed by atoms with E-state index in [1.54, 1.807) is 6.67 Å². The number of hydrogen-bond acceptors (Lipinski definition) is 3. The molecule has 0 radical (unpaired) electrons. The summed E-state index contributed by atoms with van der Waals surface area (Å²) in [6, 6.07) is 0.364. The van der Waals surface area contributed by atoms with Crippen molar-refractivity contribution in [1.29, 1.82) is 0 Å². The zero-order valence-corrected chi connectivity index (χ0v) is 18.9. The molecular formula is C18H35KN3O-. The van der Waals surface area contributed by atoms with Crippen molar-refractivity contribution in [2.75, 3.05) is 13.1 Å². The van der Waals surface area contributed by atoms with E-state index in [2.05, 4.69) is 50.1 Å². The summed E-state index contributed by atoms with van der Waals surface area (Å²) in [7, 11) is 0. The predicted octanol–water partition coefficient (Wildman–Crippen LogP) is -0.130. The second-order valence-corrected chi connectivity index (χ2v) is 6.75. The first kappa shape index (κ1) is 24.0. The van der Waals surface area contributed by atoms with Gasteiger partial charge in [0.2, 0.25) is 0 Å². The van der Waals surface area contributed by atoms with Crippen LogP contribution in [-0.4, -0.2) is 25.0 Å². The molecule has 23 heavy (non-hydrogen) atoms. The van der Waals surface area contributed by atoms with Gasteiger partial charge >= 0.3 is 51.4 Å². The standard InChI is InChI=1S/C18H35N3O.K/c1-5-7-16(14(3)4)17(8-6-2)18(22)21-13-20-15-9-11-19-12-10-15;/h9,13-17,19-20H,5-8,10-12H2,1-4H3,(H,21,22);/q-2;+1. The van der Waals surface area contributed by atoms with Crippen molar-refractivity contribution >= 4 is 5.91 Å². The smallest absolute Gasteiger partial charge is 0.492 e. The van der Waals surface area contributed by atoms with Gasteiger partial charge in [-0.15, -0.1) is 12.6 Å². The van der Waals surface area contributed by atoms with Crippen LogP contribution in [0.2, 0.25) is 0 Å². The number of carbonyl (C=O) groups excluding carboxylic acids is 1. The SMILES string of the molecule is CCCC(C(=O)N[CH-]NC1[CH-]CNCC1)C(CCC)C(C)C.[K+]. The van der Waals surface area contributed by atoms with Crippen LogP contribution < -0.4 is 67.3 Å². The number of amides is 1. The Bertz CT molecular complexity index is 307. The van der Waals surface area contributed by atoms with Crippen LogP contribution in [0.5, 0.6) is 0 Å². The van der Waals surface area contributed by atoms with E-state index in [4.69, 9.17) is 0 Å². The van der Waals surface area contributed by atoms with Crippen LogP contribution in [0.3, 0.4) is 0 Å². The average Bonchev–Trinajstić information content (AvgIpc) is 2.51. The van der Waals surface area contributed by atoms with Crippen molar-refractivity contribution in [3.8, 4) is 0 Å². The number of rotatable bonds is 10. The van der Waals surface area contributed by atoms with Gasteiger partial charge in [0, 0.05) is 5.92 Å². The Hall–Kier alpha value is 1.03. The molecule has 0 aromatic carbocycles. The van der Waals surface area contributed by atoms with Gasteiger partial charge in [0.15, 0.2) is 5.91 Å². The normalized spacial score (nSPS) is 20.7. The van der Waals surface area contributed by atoms with Gasteiger partial charge in [-0.2, -0.15) is 6.67 Å². The van der Waals surface area contributed by atoms with Crippen molar-refractivity contribution in [2.24, 2.45) is 17.8 Å². The maximum Gasteiger partial charge on any atom is 1.00 e. The maximum atomic E-state index is 12.6. The second kappa shape index (κ2) is 14.2. The van der Waals surface area contributed by atoms with Crippen molar-refractivity contribution in [1.82, 2.24) is 16.0 Å². The summed E-state index contributed by atoms with van der Waals surface area (Å²) in [5.74, 6) is 1.33. The van der Waals surface area contributed by atoms with Gasteiger partial charge in [-0.05, 0) is 31.2 Å². The summed E-state index contributed by atoms with van der Waals surface area (Å²) >= 11 is 0. The zero-order valence-electron chi connectivity index (χ0n) is 15.8. The third-order valence-corrected chi connectivity index (χ3v) is 4.62. The molecule has 1 heterocycles. The maximum absolute atomic E-state index is 12.6. The molecule has 3 N–H and O–H groups in total. The van der Waals surface area contributed by atoms with E-state index in [1.807, 2.05) is 0 Å². The first-order valence-corrected chi connectivity index (χ1v) is 9.02. The molecule has 3 unspecified atom stereocenters. The minimum Gasteiger partial charge on any atom is -0.492 e. The third kappa shape index (κ3) is 9.33. The molecule has 1 amide bonds. The Morgan fingerprint density at radius 2 is 2.00 bits per heavy atom. The molecule has 5 heteroatoms. The van der Waals surface area contributed by atoms with E-state index in [-0.39, 0.29) is 63.2 Å². The fourth-order valence-corrected chi connectivity index (χ4v) is 3.36. The molecule has 1 saturated heterocycles. The van der Waals surface area contributed by atoms with Crippen LogP contribution in [0, 0.1) is 30.8 Å². The van der Waals surface area contributed by atoms with Crippen LogP contribution in [0.1, 0.15) is 59.8 Å². The van der Waals surface area contributed by atoms with Gasteiger partial charge in [0.1, 0.15) is 0 Å². The fraction of sp³-hybridized carbons (Fsp3) is 0.833. The Morgan fingerprint density at radius 1 is 1.30 bits per heavy atom. The molecule has 0 spiro atoms. The van der Waals surface area contributed by atoms with Crippen molar-refractivity contribution < 1.29 is 56.2 Å². The predicted molar refractivity (Wildman–Crippen MR) is 92.8 cm³/mol. The fourth-order valence-electron chi connectivity index (χ4n) is 3.36. The molecule has 1 aliphatic heterocycles. The summed E-state index contributed by atoms with van der Waals surface area (Å²) in [6.45, 7) is 12.6. The number of piperidine rings is 1. The molecule has 0 bridgehead atoms. The molecule has 4 nitrogen and oxygen atoms in total. The summed E-state index contributed by atoms with van der Waals surface area (Å²) in [5, 5.41) is 9.58. The molecular weight excluding hydrogens is 313 g/mol. The van der Waals surface area contributed by atoms with Crippen LogP contribution in [-0.2, 0) is 4.79 Å². The van der Waals surface area contributed by atoms with E-state index < -0.39 is 0 Å². The topological polar surface area (TPSA) is 53.2 Å². The van der Waals surface area contributed by atoms with E-state index in [1.165, 1.54) is 0 Å². The number of hydrogen-bond donors (Lipinski definition) is 3. The van der Waals surface area contributed by atoms with Gasteiger partial charge in [-0.3, -0.25) is 4.79 Å². The molecule has 1 fully saturated rings. The number of nitrogens with one attached hydrogen (secondary N) is 3. The van der Waals surface area contributed by atoms with Crippen LogP contribution in [0.4, 0.5) is 0 Å². The van der Waals surface area contributed by atoms with E-state index in [0.717, 1.165) is 45.2 Å². The van der Waals surface area contributed by atoms with Gasteiger partial charge < -0.3 is 22.4 Å². The van der Waals surface area contributed by atoms with E-state index in [9.17, 15) is 4.79 Å². The van der Waals surface area contributed by atoms with Crippen molar-refractivity contribution in [3.63, 3.8) is 0 Å². The summed E-state index contributed by atoms with van der Waals surface area (Å²) in [4.78, 5) is 12.6. The molecule has 0 aromatic rings. The molecule has 130 valence electrons. The van der Waals surface area contributed by atoms with Crippen molar-refractivity contribution in [2.45, 2.75) is 65.8 Å². The Balaban J connectivity index is 0.00000484. The average molecular weight is 349 g/mol. The molecule has 0 saturated carbocycles. The zero-order chi connectivity index (χ0) is 16.4. The second-order valence-electron chi connectivity index (χ2n) is 6.75. The number of carbonyl (C=O) groups is 1. The molecule has 0 aromatic heterocycles. The van der Waals surface area contributed by atoms with Crippen LogP contribution in [0.15, 0.2) is 0 Å². The Morgan fingerprint density at radius 3 is 2.52 bits per heavy atom. The van der Waals surface area contributed by atoms with E-state index >= 15 is 0 Å². The van der Waals surface area contributed by atoms with Gasteiger partial charge in [-0.1, -0.05) is 47.0 Å². The van der Waals surface area contributed by atoms with Crippen LogP contribution in [0.25, 0.3) is 0 Å². The third-order valence-electron chi connectivity index (χ3n) is 4.62. The van der Waals surface area contributed by atoms with Gasteiger partial charge in [0.05, 0.1) is 0 Å². The van der Waals surface area contributed by atoms with Gasteiger partial charge in [-0.25, -0.2) is 0 Å². The minimum atomic E-state index is 0. The minimum absolute atomic E-state index is 0. The summed E-state index contributed by atoms with van der Waals surface area (Å²) in [5.41, 5.74) is 0. The monoisotopic (exact) mass is 348 g/mol. The Labute approximate surface area is 186 Å². The summed E-state index contributed by atoms with van der Waals surface area (Å²) in [6.07, 6.45) is 7.58. The van der Waals surface area contributed by atoms with Crippen LogP contribution >= 0.6 is 0 Å². The van der Waals surface area contributed by atoms with Gasteiger partial charge in [0.25, 0.3) is 0 Å². The first-order valence-electron chi connectivity index (χ1n) is 9.02. The largest absolute Gasteiger partial charge is 1.00 e. The Kier molecular flexibility index (Phi) is 14.9. The van der Waals surface area contributed by atoms with E-state index in [0.29, 0.717) is 17.9 Å².